The molecule has 0 saturated heterocycles. The van der Waals surface area contributed by atoms with Gasteiger partial charge in [0.2, 0.25) is 0 Å². The molecule has 0 saturated carbocycles. The normalized spacial score (nSPS) is 15.8. The van der Waals surface area contributed by atoms with Gasteiger partial charge in [-0.05, 0) is 30.6 Å². The van der Waals surface area contributed by atoms with Crippen molar-refractivity contribution in [2.24, 2.45) is 16.2 Å². The van der Waals surface area contributed by atoms with E-state index >= 15 is 0 Å². The molecule has 0 aliphatic carbocycles. The molecule has 0 aromatic carbocycles. The molecule has 0 fully saturated rings. The summed E-state index contributed by atoms with van der Waals surface area (Å²) in [5.74, 6) is -2.03. The fourth-order valence-corrected chi connectivity index (χ4v) is 2.81. The minimum Gasteiger partial charge on any atom is -0.455 e. The van der Waals surface area contributed by atoms with E-state index in [0.29, 0.717) is 12.8 Å². The SMILES string of the molecule is CCC(C)(C)C(C)(CC(C)(C)C)C(=O)OCC(=O)OCC(F)(F)S(=O)(=O)O. The largest absolute Gasteiger partial charge is 0.455 e. The first-order chi connectivity index (χ1) is 11.8. The maximum atomic E-state index is 13.0. The highest BCUT2D eigenvalue weighted by molar-refractivity contribution is 7.86. The number of alkyl halides is 2. The van der Waals surface area contributed by atoms with E-state index in [1.807, 2.05) is 41.5 Å². The molecular weight excluding hydrogens is 386 g/mol. The molecule has 0 bridgehead atoms. The van der Waals surface area contributed by atoms with Gasteiger partial charge in [0.1, 0.15) is 0 Å². The predicted octanol–water partition coefficient (Wildman–Crippen LogP) is 3.43. The molecule has 0 aromatic rings. The van der Waals surface area contributed by atoms with Gasteiger partial charge in [-0.25, -0.2) is 4.79 Å². The van der Waals surface area contributed by atoms with Gasteiger partial charge >= 0.3 is 27.3 Å². The number of rotatable bonds is 9. The predicted molar refractivity (Wildman–Crippen MR) is 94.7 cm³/mol. The van der Waals surface area contributed by atoms with E-state index in [-0.39, 0.29) is 5.41 Å². The number of esters is 2. The third-order valence-electron chi connectivity index (χ3n) is 4.81. The standard InChI is InChI=1S/C17H30F2O7S/c1-8-15(5,6)16(7,10-14(2,3)4)13(21)25-9-12(20)26-11-17(18,19)27(22,23)24/h8-11H2,1-7H3,(H,22,23,24). The summed E-state index contributed by atoms with van der Waals surface area (Å²) in [5.41, 5.74) is -1.66. The van der Waals surface area contributed by atoms with Crippen LogP contribution in [0.5, 0.6) is 0 Å². The monoisotopic (exact) mass is 416 g/mol. The van der Waals surface area contributed by atoms with E-state index in [2.05, 4.69) is 4.74 Å². The molecule has 0 radical (unpaired) electrons. The molecule has 0 amide bonds. The third kappa shape index (κ3) is 6.99. The third-order valence-corrected chi connectivity index (χ3v) is 5.68. The molecule has 1 unspecified atom stereocenters. The van der Waals surface area contributed by atoms with Gasteiger partial charge in [0.05, 0.1) is 5.41 Å². The van der Waals surface area contributed by atoms with Crippen LogP contribution >= 0.6 is 0 Å². The van der Waals surface area contributed by atoms with Crippen LogP contribution in [0.15, 0.2) is 0 Å². The lowest BCUT2D eigenvalue weighted by Crippen LogP contribution is -2.46. The summed E-state index contributed by atoms with van der Waals surface area (Å²) in [4.78, 5) is 24.2. The van der Waals surface area contributed by atoms with Crippen LogP contribution in [0.3, 0.4) is 0 Å². The van der Waals surface area contributed by atoms with Crippen molar-refractivity contribution in [1.82, 2.24) is 0 Å². The topological polar surface area (TPSA) is 107 Å². The summed E-state index contributed by atoms with van der Waals surface area (Å²) < 4.78 is 64.5. The van der Waals surface area contributed by atoms with E-state index in [9.17, 15) is 26.8 Å². The lowest BCUT2D eigenvalue weighted by atomic mass is 9.59. The summed E-state index contributed by atoms with van der Waals surface area (Å²) in [6.07, 6.45) is 1.11. The molecule has 0 aromatic heterocycles. The zero-order valence-corrected chi connectivity index (χ0v) is 17.7. The average Bonchev–Trinajstić information content (AvgIpc) is 2.47. The second kappa shape index (κ2) is 8.38. The van der Waals surface area contributed by atoms with E-state index in [1.54, 1.807) is 6.92 Å². The van der Waals surface area contributed by atoms with Crippen molar-refractivity contribution in [3.8, 4) is 0 Å². The van der Waals surface area contributed by atoms with Crippen LogP contribution in [0.2, 0.25) is 0 Å². The molecule has 27 heavy (non-hydrogen) atoms. The molecule has 1 N–H and O–H groups in total. The van der Waals surface area contributed by atoms with Crippen LogP contribution in [-0.2, 0) is 29.2 Å². The van der Waals surface area contributed by atoms with Crippen LogP contribution in [0.1, 0.15) is 61.3 Å². The zero-order valence-electron chi connectivity index (χ0n) is 16.9. The van der Waals surface area contributed by atoms with E-state index in [0.717, 1.165) is 0 Å². The number of hydrogen-bond donors (Lipinski definition) is 1. The molecular formula is C17H30F2O7S. The van der Waals surface area contributed by atoms with Crippen molar-refractivity contribution < 1.29 is 40.8 Å². The van der Waals surface area contributed by atoms with Crippen molar-refractivity contribution in [3.05, 3.63) is 0 Å². The Morgan fingerprint density at radius 3 is 1.85 bits per heavy atom. The maximum Gasteiger partial charge on any atom is 0.402 e. The van der Waals surface area contributed by atoms with Gasteiger partial charge in [0, 0.05) is 0 Å². The lowest BCUT2D eigenvalue weighted by Gasteiger charge is -2.45. The Labute approximate surface area is 159 Å². The van der Waals surface area contributed by atoms with Gasteiger partial charge in [-0.2, -0.15) is 17.2 Å². The molecule has 0 aliphatic heterocycles. The van der Waals surface area contributed by atoms with Gasteiger partial charge in [0.25, 0.3) is 0 Å². The Balaban J connectivity index is 5.10. The van der Waals surface area contributed by atoms with Crippen molar-refractivity contribution >= 4 is 22.1 Å². The van der Waals surface area contributed by atoms with Crippen molar-refractivity contribution in [2.45, 2.75) is 66.6 Å². The molecule has 0 rings (SSSR count). The Morgan fingerprint density at radius 1 is 1.00 bits per heavy atom. The molecule has 0 heterocycles. The fraction of sp³-hybridized carbons (Fsp3) is 0.882. The number of ether oxygens (including phenoxy) is 2. The minimum absolute atomic E-state index is 0.224. The molecule has 10 heteroatoms. The quantitative estimate of drug-likeness (QED) is 0.453. The van der Waals surface area contributed by atoms with Crippen LogP contribution in [0, 0.1) is 16.2 Å². The first-order valence-corrected chi connectivity index (χ1v) is 9.91. The van der Waals surface area contributed by atoms with Crippen LogP contribution in [0.25, 0.3) is 0 Å². The lowest BCUT2D eigenvalue weighted by molar-refractivity contribution is -0.174. The summed E-state index contributed by atoms with van der Waals surface area (Å²) in [6.45, 7) is 10.5. The molecule has 1 atom stereocenters. The average molecular weight is 416 g/mol. The van der Waals surface area contributed by atoms with E-state index < -0.39 is 51.4 Å². The number of carbonyl (C=O) groups is 2. The van der Waals surface area contributed by atoms with Gasteiger partial charge in [-0.1, -0.05) is 41.5 Å². The van der Waals surface area contributed by atoms with Crippen molar-refractivity contribution in [3.63, 3.8) is 0 Å². The summed E-state index contributed by atoms with van der Waals surface area (Å²) in [5, 5.41) is -4.64. The Bertz CT molecular complexity index is 651. The Hall–Kier alpha value is -1.29. The molecule has 7 nitrogen and oxygen atoms in total. The van der Waals surface area contributed by atoms with E-state index in [1.165, 1.54) is 0 Å². The fourth-order valence-electron chi connectivity index (χ4n) is 2.60. The zero-order chi connectivity index (χ0) is 21.9. The summed E-state index contributed by atoms with van der Waals surface area (Å²) >= 11 is 0. The van der Waals surface area contributed by atoms with E-state index in [4.69, 9.17) is 9.29 Å². The van der Waals surface area contributed by atoms with Crippen molar-refractivity contribution in [1.29, 1.82) is 0 Å². The highest BCUT2D eigenvalue weighted by atomic mass is 32.2. The highest BCUT2D eigenvalue weighted by Crippen LogP contribution is 2.49. The maximum absolute atomic E-state index is 13.0. The van der Waals surface area contributed by atoms with Gasteiger partial charge < -0.3 is 9.47 Å². The number of carbonyl (C=O) groups excluding carboxylic acids is 2. The summed E-state index contributed by atoms with van der Waals surface area (Å²) in [6, 6.07) is 0. The first-order valence-electron chi connectivity index (χ1n) is 8.47. The second-order valence-corrected chi connectivity index (χ2v) is 10.2. The Kier molecular flexibility index (Phi) is 7.98. The van der Waals surface area contributed by atoms with Gasteiger partial charge in [0.15, 0.2) is 13.2 Å². The van der Waals surface area contributed by atoms with Gasteiger partial charge in [-0.3, -0.25) is 9.35 Å². The van der Waals surface area contributed by atoms with Crippen LogP contribution < -0.4 is 0 Å². The number of halogens is 2. The molecule has 0 spiro atoms. The van der Waals surface area contributed by atoms with Crippen LogP contribution in [0.4, 0.5) is 8.78 Å². The molecule has 160 valence electrons. The highest BCUT2D eigenvalue weighted by Gasteiger charge is 2.49. The minimum atomic E-state index is -5.71. The first kappa shape index (κ1) is 25.7. The summed E-state index contributed by atoms with van der Waals surface area (Å²) in [7, 11) is -5.71. The number of hydrogen-bond acceptors (Lipinski definition) is 6. The second-order valence-electron chi connectivity index (χ2n) is 8.66. The van der Waals surface area contributed by atoms with Crippen molar-refractivity contribution in [2.75, 3.05) is 13.2 Å². The Morgan fingerprint density at radius 2 is 1.48 bits per heavy atom. The van der Waals surface area contributed by atoms with Gasteiger partial charge in [-0.15, -0.1) is 0 Å². The smallest absolute Gasteiger partial charge is 0.402 e. The molecule has 0 aliphatic rings. The van der Waals surface area contributed by atoms with Crippen LogP contribution in [-0.4, -0.2) is 43.4 Å².